The molecule has 88 valence electrons. The molecule has 2 rings (SSSR count). The number of hydroxylamine groups is 2. The van der Waals surface area contributed by atoms with Crippen LogP contribution in [0.3, 0.4) is 0 Å². The molecule has 0 spiro atoms. The van der Waals surface area contributed by atoms with Gasteiger partial charge in [0.1, 0.15) is 18.0 Å². The van der Waals surface area contributed by atoms with Crippen LogP contribution in [0.25, 0.3) is 0 Å². The molecular formula is C14H15NO2. The summed E-state index contributed by atoms with van der Waals surface area (Å²) in [6.45, 7) is 0.381. The van der Waals surface area contributed by atoms with E-state index in [4.69, 9.17) is 0 Å². The highest BCUT2D eigenvalue weighted by Gasteiger charge is 2.14. The van der Waals surface area contributed by atoms with Gasteiger partial charge < -0.3 is 15.0 Å². The lowest BCUT2D eigenvalue weighted by Gasteiger charge is -2.38. The monoisotopic (exact) mass is 229 g/mol. The topological polar surface area (TPSA) is 43.3 Å². The Kier molecular flexibility index (Phi) is 3.13. The van der Waals surface area contributed by atoms with Gasteiger partial charge in [-0.15, -0.1) is 0 Å². The highest BCUT2D eigenvalue weighted by atomic mass is 16.5. The van der Waals surface area contributed by atoms with E-state index in [1.807, 2.05) is 30.3 Å². The Labute approximate surface area is 101 Å². The van der Waals surface area contributed by atoms with Gasteiger partial charge in [0, 0.05) is 17.7 Å². The van der Waals surface area contributed by atoms with Gasteiger partial charge in [0.05, 0.1) is 7.05 Å². The maximum Gasteiger partial charge on any atom is 0.133 e. The summed E-state index contributed by atoms with van der Waals surface area (Å²) in [6.07, 6.45) is 0. The predicted octanol–water partition coefficient (Wildman–Crippen LogP) is 3.03. The van der Waals surface area contributed by atoms with Crippen molar-refractivity contribution >= 4 is 5.69 Å². The molecule has 0 radical (unpaired) electrons. The standard InChI is InChI=1S/C14H15NO2/c1-15(17,11-12-5-3-2-4-6-12)13-7-9-14(16)10-8-13/h2-10,16H,11H2,1H3. The van der Waals surface area contributed by atoms with Crippen molar-refractivity contribution in [1.82, 2.24) is 4.65 Å². The van der Waals surface area contributed by atoms with Gasteiger partial charge in [-0.05, 0) is 12.1 Å². The van der Waals surface area contributed by atoms with E-state index in [2.05, 4.69) is 0 Å². The zero-order valence-corrected chi connectivity index (χ0v) is 9.71. The molecule has 0 fully saturated rings. The quantitative estimate of drug-likeness (QED) is 0.649. The van der Waals surface area contributed by atoms with Crippen LogP contribution in [-0.2, 0) is 6.54 Å². The van der Waals surface area contributed by atoms with Gasteiger partial charge in [-0.25, -0.2) is 0 Å². The van der Waals surface area contributed by atoms with Gasteiger partial charge in [0.25, 0.3) is 0 Å². The van der Waals surface area contributed by atoms with Crippen molar-refractivity contribution in [3.05, 3.63) is 65.4 Å². The molecule has 2 aromatic carbocycles. The molecule has 0 aliphatic carbocycles. The van der Waals surface area contributed by atoms with Crippen LogP contribution in [0.1, 0.15) is 5.56 Å². The fourth-order valence-electron chi connectivity index (χ4n) is 1.79. The molecule has 0 aromatic heterocycles. The summed E-state index contributed by atoms with van der Waals surface area (Å²) in [4.78, 5) is 0. The molecule has 1 unspecified atom stereocenters. The molecule has 0 bridgehead atoms. The minimum absolute atomic E-state index is 0.175. The smallest absolute Gasteiger partial charge is 0.133 e. The van der Waals surface area contributed by atoms with Crippen LogP contribution in [-0.4, -0.2) is 12.2 Å². The molecule has 1 atom stereocenters. The third kappa shape index (κ3) is 2.84. The summed E-state index contributed by atoms with van der Waals surface area (Å²) in [7, 11) is 1.61. The van der Waals surface area contributed by atoms with E-state index in [1.54, 1.807) is 19.2 Å². The van der Waals surface area contributed by atoms with E-state index < -0.39 is 4.65 Å². The zero-order chi connectivity index (χ0) is 12.3. The number of phenols is 1. The SMILES string of the molecule is C[N+]([O-])(Cc1ccccc1)c1ccc(O)cc1. The molecule has 0 aliphatic rings. The van der Waals surface area contributed by atoms with E-state index in [0.717, 1.165) is 5.56 Å². The molecule has 0 saturated carbocycles. The van der Waals surface area contributed by atoms with E-state index in [-0.39, 0.29) is 5.75 Å². The van der Waals surface area contributed by atoms with E-state index in [1.165, 1.54) is 12.1 Å². The third-order valence-electron chi connectivity index (χ3n) is 2.72. The average molecular weight is 229 g/mol. The second-order valence-corrected chi connectivity index (χ2v) is 4.26. The second kappa shape index (κ2) is 4.57. The molecule has 0 amide bonds. The number of hydrogen-bond acceptors (Lipinski definition) is 2. The molecule has 3 nitrogen and oxygen atoms in total. The number of quaternary nitrogens is 1. The van der Waals surface area contributed by atoms with Gasteiger partial charge in [0.2, 0.25) is 0 Å². The first-order chi connectivity index (χ1) is 8.08. The van der Waals surface area contributed by atoms with Crippen LogP contribution in [0.2, 0.25) is 0 Å². The Morgan fingerprint density at radius 3 is 2.18 bits per heavy atom. The Hall–Kier alpha value is -1.84. The second-order valence-electron chi connectivity index (χ2n) is 4.26. The van der Waals surface area contributed by atoms with E-state index in [0.29, 0.717) is 12.2 Å². The van der Waals surface area contributed by atoms with E-state index in [9.17, 15) is 10.3 Å². The van der Waals surface area contributed by atoms with Crippen molar-refractivity contribution in [2.24, 2.45) is 0 Å². The lowest BCUT2D eigenvalue weighted by atomic mass is 10.2. The summed E-state index contributed by atoms with van der Waals surface area (Å²) < 4.78 is -0.482. The highest BCUT2D eigenvalue weighted by molar-refractivity contribution is 5.46. The molecule has 3 heteroatoms. The molecule has 0 aliphatic heterocycles. The Morgan fingerprint density at radius 1 is 1.00 bits per heavy atom. The zero-order valence-electron chi connectivity index (χ0n) is 9.71. The lowest BCUT2D eigenvalue weighted by Crippen LogP contribution is -2.37. The molecule has 0 heterocycles. The fraction of sp³-hybridized carbons (Fsp3) is 0.143. The summed E-state index contributed by atoms with van der Waals surface area (Å²) in [5, 5.41) is 21.6. The number of benzene rings is 2. The van der Waals surface area contributed by atoms with Crippen LogP contribution in [0, 0.1) is 5.21 Å². The van der Waals surface area contributed by atoms with Crippen molar-refractivity contribution in [2.75, 3.05) is 7.05 Å². The van der Waals surface area contributed by atoms with Crippen LogP contribution in [0.5, 0.6) is 5.75 Å². The normalized spacial score (nSPS) is 14.2. The molecule has 17 heavy (non-hydrogen) atoms. The largest absolute Gasteiger partial charge is 0.627 e. The Morgan fingerprint density at radius 2 is 1.59 bits per heavy atom. The van der Waals surface area contributed by atoms with Gasteiger partial charge in [0.15, 0.2) is 0 Å². The minimum atomic E-state index is -0.482. The van der Waals surface area contributed by atoms with Gasteiger partial charge >= 0.3 is 0 Å². The van der Waals surface area contributed by atoms with Gasteiger partial charge in [-0.1, -0.05) is 30.3 Å². The van der Waals surface area contributed by atoms with Crippen LogP contribution in [0.4, 0.5) is 5.69 Å². The number of phenolic OH excluding ortho intramolecular Hbond substituents is 1. The molecule has 2 aromatic rings. The first kappa shape index (κ1) is 11.6. The first-order valence-electron chi connectivity index (χ1n) is 5.48. The summed E-state index contributed by atoms with van der Waals surface area (Å²) >= 11 is 0. The molecular weight excluding hydrogens is 214 g/mol. The van der Waals surface area contributed by atoms with Crippen molar-refractivity contribution in [2.45, 2.75) is 6.54 Å². The van der Waals surface area contributed by atoms with Crippen molar-refractivity contribution in [3.63, 3.8) is 0 Å². The predicted molar refractivity (Wildman–Crippen MR) is 69.3 cm³/mol. The van der Waals surface area contributed by atoms with E-state index >= 15 is 0 Å². The minimum Gasteiger partial charge on any atom is -0.627 e. The lowest BCUT2D eigenvalue weighted by molar-refractivity contribution is 0.437. The Bertz CT molecular complexity index is 477. The Balaban J connectivity index is 2.21. The maximum absolute atomic E-state index is 12.4. The molecule has 0 saturated heterocycles. The van der Waals surface area contributed by atoms with Crippen molar-refractivity contribution in [1.29, 1.82) is 0 Å². The van der Waals surface area contributed by atoms with Crippen LogP contribution >= 0.6 is 0 Å². The summed E-state index contributed by atoms with van der Waals surface area (Å²) in [5.41, 5.74) is 1.63. The summed E-state index contributed by atoms with van der Waals surface area (Å²) in [6, 6.07) is 16.0. The van der Waals surface area contributed by atoms with Crippen molar-refractivity contribution < 1.29 is 5.11 Å². The molecule has 1 N–H and O–H groups in total. The van der Waals surface area contributed by atoms with Gasteiger partial charge in [-0.3, -0.25) is 0 Å². The van der Waals surface area contributed by atoms with Crippen LogP contribution < -0.4 is 4.65 Å². The van der Waals surface area contributed by atoms with Gasteiger partial charge in [-0.2, -0.15) is 0 Å². The average Bonchev–Trinajstić information content (AvgIpc) is 2.30. The maximum atomic E-state index is 12.4. The number of aromatic hydroxyl groups is 1. The first-order valence-corrected chi connectivity index (χ1v) is 5.48. The number of rotatable bonds is 3. The highest BCUT2D eigenvalue weighted by Crippen LogP contribution is 2.24. The number of hydrogen-bond donors (Lipinski definition) is 1. The third-order valence-corrected chi connectivity index (χ3v) is 2.72. The van der Waals surface area contributed by atoms with Crippen LogP contribution in [0.15, 0.2) is 54.6 Å². The van der Waals surface area contributed by atoms with Crippen molar-refractivity contribution in [3.8, 4) is 5.75 Å². The fourth-order valence-corrected chi connectivity index (χ4v) is 1.79. The number of nitrogens with zero attached hydrogens (tertiary/aromatic N) is 1. The summed E-state index contributed by atoms with van der Waals surface area (Å²) in [5.74, 6) is 0.175.